The molecule has 0 fully saturated rings. The number of benzene rings is 2. The van der Waals surface area contributed by atoms with E-state index in [1.54, 1.807) is 0 Å². The third-order valence-electron chi connectivity index (χ3n) is 4.81. The van der Waals surface area contributed by atoms with Gasteiger partial charge in [0.1, 0.15) is 11.9 Å². The zero-order valence-electron chi connectivity index (χ0n) is 14.5. The third kappa shape index (κ3) is 3.10. The highest BCUT2D eigenvalue weighted by Gasteiger charge is 2.32. The fourth-order valence-corrected chi connectivity index (χ4v) is 4.24. The Balaban J connectivity index is 2.03. The van der Waals surface area contributed by atoms with Crippen LogP contribution in [0.1, 0.15) is 65.9 Å². The number of rotatable bonds is 4. The Labute approximate surface area is 157 Å². The zero-order valence-corrected chi connectivity index (χ0v) is 16.6. The number of halogens is 1. The Kier molecular flexibility index (Phi) is 5.28. The van der Waals surface area contributed by atoms with Gasteiger partial charge in [0.25, 0.3) is 0 Å². The van der Waals surface area contributed by atoms with Gasteiger partial charge in [0.15, 0.2) is 5.78 Å². The molecule has 2 nitrogen and oxygen atoms in total. The van der Waals surface area contributed by atoms with Crippen LogP contribution in [0.25, 0.3) is 0 Å². The highest BCUT2D eigenvalue weighted by Crippen LogP contribution is 2.41. The van der Waals surface area contributed by atoms with Gasteiger partial charge < -0.3 is 4.74 Å². The van der Waals surface area contributed by atoms with Crippen molar-refractivity contribution in [3.63, 3.8) is 0 Å². The number of hydrogen-bond acceptors (Lipinski definition) is 2. The summed E-state index contributed by atoms with van der Waals surface area (Å²) in [7, 11) is 0. The number of aryl methyl sites for hydroxylation is 3. The first-order valence-electron chi connectivity index (χ1n) is 8.71. The van der Waals surface area contributed by atoms with Gasteiger partial charge in [-0.1, -0.05) is 51.1 Å². The van der Waals surface area contributed by atoms with E-state index in [0.717, 1.165) is 45.3 Å². The molecule has 1 aliphatic heterocycles. The molecule has 1 unspecified atom stereocenters. The maximum absolute atomic E-state index is 12.8. The lowest BCUT2D eigenvalue weighted by molar-refractivity contribution is 0.0846. The first-order chi connectivity index (χ1) is 11.6. The normalized spacial score (nSPS) is 16.7. The molecule has 1 atom stereocenters. The summed E-state index contributed by atoms with van der Waals surface area (Å²) in [5.41, 5.74) is 5.58. The van der Waals surface area contributed by atoms with Crippen LogP contribution in [0, 0.1) is 3.57 Å². The molecule has 24 heavy (non-hydrogen) atoms. The SMILES string of the molecule is CCc1ccc(C2CC(=O)c3c(CC)cc(CC)c(I)c3O2)cc1. The fraction of sp³-hybridized carbons (Fsp3) is 0.381. The molecule has 3 heteroatoms. The standard InChI is InChI=1S/C21H23IO2/c1-4-13-7-9-16(10-8-13)18-12-17(23)19-14(5-2)11-15(6-3)20(22)21(19)24-18/h7-11,18H,4-6,12H2,1-3H3. The molecule has 126 valence electrons. The molecule has 0 bridgehead atoms. The van der Waals surface area contributed by atoms with Crippen molar-refractivity contribution in [1.29, 1.82) is 0 Å². The van der Waals surface area contributed by atoms with E-state index in [1.165, 1.54) is 11.1 Å². The quantitative estimate of drug-likeness (QED) is 0.579. The predicted octanol–water partition coefficient (Wildman–Crippen LogP) is 5.68. The molecule has 0 aliphatic carbocycles. The molecule has 1 heterocycles. The molecule has 0 spiro atoms. The van der Waals surface area contributed by atoms with Crippen molar-refractivity contribution in [2.24, 2.45) is 0 Å². The number of fused-ring (bicyclic) bond motifs is 1. The lowest BCUT2D eigenvalue weighted by atomic mass is 9.90. The molecular weight excluding hydrogens is 411 g/mol. The van der Waals surface area contributed by atoms with Crippen molar-refractivity contribution < 1.29 is 9.53 Å². The van der Waals surface area contributed by atoms with Crippen LogP contribution in [0.15, 0.2) is 30.3 Å². The van der Waals surface area contributed by atoms with Crippen LogP contribution in [0.2, 0.25) is 0 Å². The molecule has 0 amide bonds. The number of carbonyl (C=O) groups excluding carboxylic acids is 1. The highest BCUT2D eigenvalue weighted by molar-refractivity contribution is 14.1. The Morgan fingerprint density at radius 3 is 2.29 bits per heavy atom. The minimum Gasteiger partial charge on any atom is -0.483 e. The van der Waals surface area contributed by atoms with E-state index in [2.05, 4.69) is 73.7 Å². The van der Waals surface area contributed by atoms with Crippen LogP contribution in [0.5, 0.6) is 5.75 Å². The van der Waals surface area contributed by atoms with Gasteiger partial charge in [-0.2, -0.15) is 0 Å². The number of hydrogen-bond donors (Lipinski definition) is 0. The first kappa shape index (κ1) is 17.5. The summed E-state index contributed by atoms with van der Waals surface area (Å²) >= 11 is 2.33. The fourth-order valence-electron chi connectivity index (χ4n) is 3.31. The van der Waals surface area contributed by atoms with Crippen molar-refractivity contribution in [3.05, 3.63) is 61.7 Å². The van der Waals surface area contributed by atoms with Crippen LogP contribution >= 0.6 is 22.6 Å². The van der Waals surface area contributed by atoms with Gasteiger partial charge in [0.2, 0.25) is 0 Å². The van der Waals surface area contributed by atoms with Crippen molar-refractivity contribution >= 4 is 28.4 Å². The van der Waals surface area contributed by atoms with E-state index in [1.807, 2.05) is 0 Å². The maximum Gasteiger partial charge on any atom is 0.170 e. The maximum atomic E-state index is 12.8. The van der Waals surface area contributed by atoms with Crippen molar-refractivity contribution in [3.8, 4) is 5.75 Å². The van der Waals surface area contributed by atoms with Gasteiger partial charge in [-0.3, -0.25) is 4.79 Å². The lowest BCUT2D eigenvalue weighted by Gasteiger charge is -2.29. The van der Waals surface area contributed by atoms with Gasteiger partial charge in [-0.15, -0.1) is 0 Å². The van der Waals surface area contributed by atoms with E-state index < -0.39 is 0 Å². The summed E-state index contributed by atoms with van der Waals surface area (Å²) in [4.78, 5) is 12.8. The molecule has 1 aliphatic rings. The molecule has 2 aromatic rings. The van der Waals surface area contributed by atoms with Crippen LogP contribution in [-0.2, 0) is 19.3 Å². The van der Waals surface area contributed by atoms with E-state index in [0.29, 0.717) is 6.42 Å². The average molecular weight is 434 g/mol. The minimum absolute atomic E-state index is 0.179. The average Bonchev–Trinajstić information content (AvgIpc) is 2.62. The van der Waals surface area contributed by atoms with E-state index in [4.69, 9.17) is 4.74 Å². The topological polar surface area (TPSA) is 26.3 Å². The van der Waals surface area contributed by atoms with Crippen molar-refractivity contribution in [1.82, 2.24) is 0 Å². The van der Waals surface area contributed by atoms with Crippen molar-refractivity contribution in [2.45, 2.75) is 52.6 Å². The first-order valence-corrected chi connectivity index (χ1v) is 9.79. The predicted molar refractivity (Wildman–Crippen MR) is 106 cm³/mol. The monoisotopic (exact) mass is 434 g/mol. The Bertz CT molecular complexity index is 762. The summed E-state index contributed by atoms with van der Waals surface area (Å²) in [6, 6.07) is 10.6. The largest absolute Gasteiger partial charge is 0.483 e. The van der Waals surface area contributed by atoms with Crippen LogP contribution in [0.3, 0.4) is 0 Å². The summed E-state index contributed by atoms with van der Waals surface area (Å²) in [5, 5.41) is 0. The molecule has 0 N–H and O–H groups in total. The van der Waals surface area contributed by atoms with Crippen molar-refractivity contribution in [2.75, 3.05) is 0 Å². The number of ether oxygens (including phenoxy) is 1. The van der Waals surface area contributed by atoms with Crippen LogP contribution in [-0.4, -0.2) is 5.78 Å². The molecule has 0 aromatic heterocycles. The van der Waals surface area contributed by atoms with Gasteiger partial charge in [0.05, 0.1) is 15.6 Å². The number of ketones is 1. The Morgan fingerprint density at radius 1 is 1.04 bits per heavy atom. The minimum atomic E-state index is -0.179. The van der Waals surface area contributed by atoms with Gasteiger partial charge in [-0.05, 0) is 64.1 Å². The van der Waals surface area contributed by atoms with Crippen LogP contribution < -0.4 is 4.74 Å². The van der Waals surface area contributed by atoms with E-state index in [9.17, 15) is 4.79 Å². The molecule has 0 radical (unpaired) electrons. The molecule has 2 aromatic carbocycles. The third-order valence-corrected chi connectivity index (χ3v) is 5.99. The number of carbonyl (C=O) groups is 1. The molecule has 0 saturated heterocycles. The smallest absolute Gasteiger partial charge is 0.170 e. The summed E-state index contributed by atoms with van der Waals surface area (Å²) in [6.45, 7) is 6.40. The van der Waals surface area contributed by atoms with Gasteiger partial charge in [-0.25, -0.2) is 0 Å². The summed E-state index contributed by atoms with van der Waals surface area (Å²) in [6.07, 6.45) is 3.07. The summed E-state index contributed by atoms with van der Waals surface area (Å²) < 4.78 is 7.44. The second kappa shape index (κ2) is 7.26. The number of Topliss-reactive ketones (excluding diaryl/α,β-unsaturated/α-hetero) is 1. The Morgan fingerprint density at radius 2 is 1.71 bits per heavy atom. The second-order valence-corrected chi connectivity index (χ2v) is 7.33. The molecular formula is C21H23IO2. The summed E-state index contributed by atoms with van der Waals surface area (Å²) in [5.74, 6) is 1.01. The van der Waals surface area contributed by atoms with E-state index in [-0.39, 0.29) is 11.9 Å². The van der Waals surface area contributed by atoms with Gasteiger partial charge >= 0.3 is 0 Å². The lowest BCUT2D eigenvalue weighted by Crippen LogP contribution is -2.23. The second-order valence-electron chi connectivity index (χ2n) is 6.25. The molecule has 0 saturated carbocycles. The molecule has 3 rings (SSSR count). The Hall–Kier alpha value is -1.36. The van der Waals surface area contributed by atoms with E-state index >= 15 is 0 Å². The highest BCUT2D eigenvalue weighted by atomic mass is 127. The van der Waals surface area contributed by atoms with Crippen LogP contribution in [0.4, 0.5) is 0 Å². The van der Waals surface area contributed by atoms with Gasteiger partial charge in [0, 0.05) is 0 Å². The zero-order chi connectivity index (χ0) is 17.3.